The molecule has 1 rings (SSSR count). The summed E-state index contributed by atoms with van der Waals surface area (Å²) in [6, 6.07) is 4.23. The Bertz CT molecular complexity index is 368. The number of rotatable bonds is 2. The fourth-order valence-corrected chi connectivity index (χ4v) is 1.45. The molecule has 0 bridgehead atoms. The Balaban J connectivity index is 0. The summed E-state index contributed by atoms with van der Waals surface area (Å²) < 4.78 is 36.7. The maximum Gasteiger partial charge on any atom is 1.00 e. The summed E-state index contributed by atoms with van der Waals surface area (Å²) in [6.07, 6.45) is 0. The SMILES string of the molecule is C.O=S(=O)([N-]Cl)c1ccc(F)cc1.[Na+]. The minimum atomic E-state index is -3.79. The Morgan fingerprint density at radius 1 is 1.21 bits per heavy atom. The monoisotopic (exact) mass is 247 g/mol. The molecule has 0 heterocycles. The van der Waals surface area contributed by atoms with Crippen LogP contribution in [-0.2, 0) is 10.0 Å². The van der Waals surface area contributed by atoms with E-state index < -0.39 is 15.8 Å². The van der Waals surface area contributed by atoms with Crippen LogP contribution < -0.4 is 29.6 Å². The van der Waals surface area contributed by atoms with Crippen molar-refractivity contribution in [3.05, 3.63) is 34.3 Å². The van der Waals surface area contributed by atoms with Gasteiger partial charge in [-0.25, -0.2) is 12.8 Å². The summed E-state index contributed by atoms with van der Waals surface area (Å²) in [6.45, 7) is 0. The fraction of sp³-hybridized carbons (Fsp3) is 0.143. The smallest absolute Gasteiger partial charge is 0.458 e. The second-order valence-corrected chi connectivity index (χ2v) is 3.97. The first kappa shape index (κ1) is 16.8. The third-order valence-corrected chi connectivity index (χ3v) is 2.80. The van der Waals surface area contributed by atoms with E-state index in [0.717, 1.165) is 24.3 Å². The Hall–Kier alpha value is 0.350. The van der Waals surface area contributed by atoms with Crippen LogP contribution in [0.3, 0.4) is 0 Å². The molecular formula is C7H8ClFNNaO2S. The predicted molar refractivity (Wildman–Crippen MR) is 49.5 cm³/mol. The van der Waals surface area contributed by atoms with Crippen LogP contribution in [0.5, 0.6) is 0 Å². The van der Waals surface area contributed by atoms with Gasteiger partial charge in [0, 0.05) is 4.90 Å². The Labute approximate surface area is 110 Å². The molecule has 7 heteroatoms. The van der Waals surface area contributed by atoms with E-state index in [-0.39, 0.29) is 41.9 Å². The zero-order valence-electron chi connectivity index (χ0n) is 6.74. The van der Waals surface area contributed by atoms with Crippen molar-refractivity contribution >= 4 is 21.8 Å². The van der Waals surface area contributed by atoms with Crippen LogP contribution in [0.25, 0.3) is 4.24 Å². The van der Waals surface area contributed by atoms with Gasteiger partial charge in [0.15, 0.2) is 0 Å². The van der Waals surface area contributed by atoms with Gasteiger partial charge in [-0.3, -0.25) is 11.8 Å². The molecule has 0 fully saturated rings. The van der Waals surface area contributed by atoms with E-state index in [1.165, 1.54) is 0 Å². The van der Waals surface area contributed by atoms with E-state index in [4.69, 9.17) is 11.8 Å². The van der Waals surface area contributed by atoms with Crippen molar-refractivity contribution in [3.63, 3.8) is 0 Å². The zero-order valence-corrected chi connectivity index (χ0v) is 10.3. The molecule has 0 aliphatic carbocycles. The molecule has 1 aromatic rings. The predicted octanol–water partition coefficient (Wildman–Crippen LogP) is -0.318. The molecule has 0 radical (unpaired) electrons. The normalized spacial score (nSPS) is 9.86. The molecule has 0 N–H and O–H groups in total. The largest absolute Gasteiger partial charge is 1.00 e. The van der Waals surface area contributed by atoms with Crippen LogP contribution in [0.4, 0.5) is 4.39 Å². The quantitative estimate of drug-likeness (QED) is 0.673. The van der Waals surface area contributed by atoms with E-state index in [1.54, 1.807) is 0 Å². The van der Waals surface area contributed by atoms with Crippen LogP contribution in [0.2, 0.25) is 0 Å². The van der Waals surface area contributed by atoms with Gasteiger partial charge in [0.1, 0.15) is 15.8 Å². The summed E-state index contributed by atoms with van der Waals surface area (Å²) in [5, 5.41) is 0. The van der Waals surface area contributed by atoms with E-state index >= 15 is 0 Å². The van der Waals surface area contributed by atoms with Gasteiger partial charge in [-0.1, -0.05) is 7.43 Å². The molecule has 0 amide bonds. The molecular weight excluding hydrogens is 240 g/mol. The molecule has 0 aliphatic rings. The maximum atomic E-state index is 12.3. The van der Waals surface area contributed by atoms with Crippen molar-refractivity contribution in [2.45, 2.75) is 12.3 Å². The molecule has 3 nitrogen and oxygen atoms in total. The van der Waals surface area contributed by atoms with E-state index in [0.29, 0.717) is 0 Å². The van der Waals surface area contributed by atoms with E-state index in [9.17, 15) is 12.8 Å². The molecule has 0 saturated carbocycles. The minimum Gasteiger partial charge on any atom is -0.458 e. The maximum absolute atomic E-state index is 12.3. The van der Waals surface area contributed by atoms with E-state index in [2.05, 4.69) is 4.24 Å². The summed E-state index contributed by atoms with van der Waals surface area (Å²) in [5.41, 5.74) is 0. The third kappa shape index (κ3) is 4.25. The molecule has 0 atom stereocenters. The Morgan fingerprint density at radius 2 is 1.64 bits per heavy atom. The molecule has 74 valence electrons. The molecule has 0 unspecified atom stereocenters. The van der Waals surface area contributed by atoms with Crippen LogP contribution in [0.15, 0.2) is 29.2 Å². The average Bonchev–Trinajstić information content (AvgIpc) is 2.05. The molecule has 0 aromatic heterocycles. The van der Waals surface area contributed by atoms with Crippen molar-refractivity contribution in [1.29, 1.82) is 0 Å². The second-order valence-electron chi connectivity index (χ2n) is 2.00. The molecule has 0 spiro atoms. The molecule has 14 heavy (non-hydrogen) atoms. The summed E-state index contributed by atoms with van der Waals surface area (Å²) >= 11 is 4.81. The summed E-state index contributed by atoms with van der Waals surface area (Å²) in [5.74, 6) is -0.511. The van der Waals surface area contributed by atoms with Crippen LogP contribution in [-0.4, -0.2) is 8.42 Å². The summed E-state index contributed by atoms with van der Waals surface area (Å²) in [7, 11) is -3.79. The van der Waals surface area contributed by atoms with Gasteiger partial charge in [-0.2, -0.15) is 0 Å². The van der Waals surface area contributed by atoms with Gasteiger partial charge in [0.25, 0.3) is 0 Å². The number of hydrogen-bond acceptors (Lipinski definition) is 2. The van der Waals surface area contributed by atoms with Crippen LogP contribution in [0, 0.1) is 5.82 Å². The van der Waals surface area contributed by atoms with E-state index in [1.807, 2.05) is 0 Å². The number of hydrogen-bond donors (Lipinski definition) is 0. The second kappa shape index (κ2) is 6.76. The number of benzene rings is 1. The minimum absolute atomic E-state index is 0. The number of nitrogens with zero attached hydrogens (tertiary/aromatic N) is 1. The first-order chi connectivity index (χ1) is 5.56. The molecule has 0 aliphatic heterocycles. The van der Waals surface area contributed by atoms with Gasteiger partial charge >= 0.3 is 29.6 Å². The summed E-state index contributed by atoms with van der Waals surface area (Å²) in [4.78, 5) is -0.126. The van der Waals surface area contributed by atoms with Crippen molar-refractivity contribution < 1.29 is 42.4 Å². The van der Waals surface area contributed by atoms with Crippen LogP contribution in [0.1, 0.15) is 7.43 Å². The fourth-order valence-electron chi connectivity index (χ4n) is 0.646. The molecule has 1 aromatic carbocycles. The Kier molecular flexibility index (Phi) is 8.10. The van der Waals surface area contributed by atoms with Gasteiger partial charge in [-0.05, 0) is 24.3 Å². The first-order valence-electron chi connectivity index (χ1n) is 2.90. The standard InChI is InChI=1S/C6H4ClFNO2S.CH4.Na/c7-9-12(10,11)6-3-1-5(8)2-4-6;;/h1-4H;1H4;/q-1;;+1. The zero-order chi connectivity index (χ0) is 9.19. The topological polar surface area (TPSA) is 48.2 Å². The van der Waals surface area contributed by atoms with Gasteiger partial charge < -0.3 is 4.24 Å². The number of halogens is 2. The van der Waals surface area contributed by atoms with Gasteiger partial charge in [0.05, 0.1) is 0 Å². The van der Waals surface area contributed by atoms with Crippen molar-refractivity contribution in [2.24, 2.45) is 0 Å². The van der Waals surface area contributed by atoms with Crippen LogP contribution >= 0.6 is 11.8 Å². The van der Waals surface area contributed by atoms with Crippen molar-refractivity contribution in [2.75, 3.05) is 0 Å². The van der Waals surface area contributed by atoms with Gasteiger partial charge in [0.2, 0.25) is 0 Å². The van der Waals surface area contributed by atoms with Crippen molar-refractivity contribution in [1.82, 2.24) is 0 Å². The molecule has 0 saturated heterocycles. The first-order valence-corrected chi connectivity index (χ1v) is 4.68. The third-order valence-electron chi connectivity index (χ3n) is 1.20. The average molecular weight is 248 g/mol. The van der Waals surface area contributed by atoms with Crippen molar-refractivity contribution in [3.8, 4) is 0 Å². The number of sulfonamides is 1. The van der Waals surface area contributed by atoms with Gasteiger partial charge in [-0.15, -0.1) is 0 Å². The Morgan fingerprint density at radius 3 is 2.00 bits per heavy atom.